The van der Waals surface area contributed by atoms with Crippen molar-refractivity contribution in [2.75, 3.05) is 6.54 Å². The SMILES string of the molecule is CCCC(N)CNCc1cc(Br)cs1. The number of halogens is 1. The Morgan fingerprint density at radius 3 is 3.00 bits per heavy atom. The fourth-order valence-electron chi connectivity index (χ4n) is 1.30. The van der Waals surface area contributed by atoms with Gasteiger partial charge in [0.25, 0.3) is 0 Å². The maximum atomic E-state index is 5.89. The molecule has 3 N–H and O–H groups in total. The molecule has 4 heteroatoms. The van der Waals surface area contributed by atoms with Crippen molar-refractivity contribution in [3.63, 3.8) is 0 Å². The molecule has 1 aromatic heterocycles. The first-order valence-corrected chi connectivity index (χ1v) is 6.59. The number of nitrogens with two attached hydrogens (primary N) is 1. The summed E-state index contributed by atoms with van der Waals surface area (Å²) in [5.41, 5.74) is 5.89. The highest BCUT2D eigenvalue weighted by atomic mass is 79.9. The largest absolute Gasteiger partial charge is 0.327 e. The van der Waals surface area contributed by atoms with E-state index in [1.807, 2.05) is 0 Å². The average molecular weight is 277 g/mol. The summed E-state index contributed by atoms with van der Waals surface area (Å²) < 4.78 is 1.16. The standard InChI is InChI=1S/C10H17BrN2S/c1-2-3-9(12)5-13-6-10-4-8(11)7-14-10/h4,7,9,13H,2-3,5-6,12H2,1H3. The van der Waals surface area contributed by atoms with Crippen molar-refractivity contribution in [2.45, 2.75) is 32.4 Å². The molecule has 0 saturated carbocycles. The van der Waals surface area contributed by atoms with Gasteiger partial charge in [0.2, 0.25) is 0 Å². The molecule has 0 saturated heterocycles. The van der Waals surface area contributed by atoms with Crippen LogP contribution in [0.15, 0.2) is 15.9 Å². The maximum Gasteiger partial charge on any atom is 0.0300 e. The number of nitrogens with one attached hydrogen (secondary N) is 1. The van der Waals surface area contributed by atoms with E-state index in [1.54, 1.807) is 11.3 Å². The minimum Gasteiger partial charge on any atom is -0.327 e. The van der Waals surface area contributed by atoms with Crippen LogP contribution in [0.5, 0.6) is 0 Å². The van der Waals surface area contributed by atoms with Crippen molar-refractivity contribution in [2.24, 2.45) is 5.73 Å². The van der Waals surface area contributed by atoms with Crippen LogP contribution >= 0.6 is 27.3 Å². The number of rotatable bonds is 6. The third kappa shape index (κ3) is 4.55. The average Bonchev–Trinajstić information content (AvgIpc) is 2.52. The fraction of sp³-hybridized carbons (Fsp3) is 0.600. The highest BCUT2D eigenvalue weighted by Gasteiger charge is 2.01. The first-order chi connectivity index (χ1) is 6.72. The van der Waals surface area contributed by atoms with Gasteiger partial charge in [-0.25, -0.2) is 0 Å². The van der Waals surface area contributed by atoms with Gasteiger partial charge in [-0.1, -0.05) is 13.3 Å². The van der Waals surface area contributed by atoms with Gasteiger partial charge in [-0.05, 0) is 28.4 Å². The molecule has 80 valence electrons. The summed E-state index contributed by atoms with van der Waals surface area (Å²) >= 11 is 5.20. The third-order valence-electron chi connectivity index (χ3n) is 1.99. The molecule has 0 fully saturated rings. The molecular formula is C10H17BrN2S. The lowest BCUT2D eigenvalue weighted by Gasteiger charge is -2.10. The monoisotopic (exact) mass is 276 g/mol. The van der Waals surface area contributed by atoms with Gasteiger partial charge in [-0.3, -0.25) is 0 Å². The molecule has 2 nitrogen and oxygen atoms in total. The van der Waals surface area contributed by atoms with Crippen LogP contribution in [-0.4, -0.2) is 12.6 Å². The van der Waals surface area contributed by atoms with Crippen molar-refractivity contribution in [1.29, 1.82) is 0 Å². The molecule has 1 aromatic rings. The number of hydrogen-bond acceptors (Lipinski definition) is 3. The highest BCUT2D eigenvalue weighted by molar-refractivity contribution is 9.10. The highest BCUT2D eigenvalue weighted by Crippen LogP contribution is 2.19. The first-order valence-electron chi connectivity index (χ1n) is 4.91. The van der Waals surface area contributed by atoms with Gasteiger partial charge in [0.05, 0.1) is 0 Å². The van der Waals surface area contributed by atoms with Crippen LogP contribution in [0.1, 0.15) is 24.6 Å². The summed E-state index contributed by atoms with van der Waals surface area (Å²) in [6.45, 7) is 3.99. The second kappa shape index (κ2) is 6.56. The Labute approximate surface area is 98.0 Å². The molecule has 1 unspecified atom stereocenters. The Morgan fingerprint density at radius 2 is 2.43 bits per heavy atom. The van der Waals surface area contributed by atoms with Crippen molar-refractivity contribution in [1.82, 2.24) is 5.32 Å². The minimum absolute atomic E-state index is 0.295. The fourth-order valence-corrected chi connectivity index (χ4v) is 2.72. The molecule has 1 heterocycles. The summed E-state index contributed by atoms with van der Waals surface area (Å²) in [5.74, 6) is 0. The Bertz CT molecular complexity index is 262. The normalized spacial score (nSPS) is 13.1. The Balaban J connectivity index is 2.15. The van der Waals surface area contributed by atoms with Crippen molar-refractivity contribution >= 4 is 27.3 Å². The topological polar surface area (TPSA) is 38.0 Å². The molecule has 0 aliphatic heterocycles. The van der Waals surface area contributed by atoms with E-state index in [0.717, 1.165) is 30.4 Å². The summed E-state index contributed by atoms with van der Waals surface area (Å²) in [4.78, 5) is 1.35. The predicted molar refractivity (Wildman–Crippen MR) is 66.6 cm³/mol. The number of thiophene rings is 1. The van der Waals surface area contributed by atoms with E-state index < -0.39 is 0 Å². The Morgan fingerprint density at radius 1 is 1.64 bits per heavy atom. The van der Waals surface area contributed by atoms with E-state index >= 15 is 0 Å². The quantitative estimate of drug-likeness (QED) is 0.839. The van der Waals surface area contributed by atoms with Gasteiger partial charge in [0, 0.05) is 33.9 Å². The van der Waals surface area contributed by atoms with E-state index in [0.29, 0.717) is 6.04 Å². The molecule has 1 rings (SSSR count). The first kappa shape index (κ1) is 12.2. The van der Waals surface area contributed by atoms with Gasteiger partial charge in [-0.15, -0.1) is 11.3 Å². The van der Waals surface area contributed by atoms with E-state index in [4.69, 9.17) is 5.73 Å². The van der Waals surface area contributed by atoms with E-state index in [9.17, 15) is 0 Å². The summed E-state index contributed by atoms with van der Waals surface area (Å²) in [6.07, 6.45) is 2.26. The van der Waals surface area contributed by atoms with Crippen LogP contribution in [-0.2, 0) is 6.54 Å². The zero-order chi connectivity index (χ0) is 10.4. The maximum absolute atomic E-state index is 5.89. The lowest BCUT2D eigenvalue weighted by molar-refractivity contribution is 0.540. The smallest absolute Gasteiger partial charge is 0.0300 e. The molecule has 0 aliphatic carbocycles. The van der Waals surface area contributed by atoms with Crippen LogP contribution in [0.3, 0.4) is 0 Å². The van der Waals surface area contributed by atoms with Crippen LogP contribution in [0.2, 0.25) is 0 Å². The van der Waals surface area contributed by atoms with E-state index in [2.05, 4.69) is 39.6 Å². The molecule has 0 radical (unpaired) electrons. The van der Waals surface area contributed by atoms with Gasteiger partial charge in [0.15, 0.2) is 0 Å². The lowest BCUT2D eigenvalue weighted by Crippen LogP contribution is -2.33. The Kier molecular flexibility index (Phi) is 5.70. The molecule has 0 spiro atoms. The summed E-state index contributed by atoms with van der Waals surface area (Å²) in [6, 6.07) is 2.44. The second-order valence-electron chi connectivity index (χ2n) is 3.41. The minimum atomic E-state index is 0.295. The zero-order valence-electron chi connectivity index (χ0n) is 8.42. The molecule has 0 aliphatic rings. The van der Waals surface area contributed by atoms with Gasteiger partial charge < -0.3 is 11.1 Å². The second-order valence-corrected chi connectivity index (χ2v) is 5.32. The molecule has 1 atom stereocenters. The van der Waals surface area contributed by atoms with Crippen LogP contribution in [0.25, 0.3) is 0 Å². The van der Waals surface area contributed by atoms with E-state index in [1.165, 1.54) is 4.88 Å². The van der Waals surface area contributed by atoms with Crippen molar-refractivity contribution < 1.29 is 0 Å². The third-order valence-corrected chi connectivity index (χ3v) is 3.68. The van der Waals surface area contributed by atoms with Crippen LogP contribution in [0.4, 0.5) is 0 Å². The van der Waals surface area contributed by atoms with E-state index in [-0.39, 0.29) is 0 Å². The lowest BCUT2D eigenvalue weighted by atomic mass is 10.2. The van der Waals surface area contributed by atoms with Gasteiger partial charge in [-0.2, -0.15) is 0 Å². The Hall–Kier alpha value is 0.1000. The molecular weight excluding hydrogens is 260 g/mol. The molecule has 0 bridgehead atoms. The van der Waals surface area contributed by atoms with Crippen LogP contribution in [0, 0.1) is 0 Å². The number of hydrogen-bond donors (Lipinski definition) is 2. The predicted octanol–water partition coefficient (Wildman–Crippen LogP) is 2.73. The summed E-state index contributed by atoms with van der Waals surface area (Å²) in [7, 11) is 0. The zero-order valence-corrected chi connectivity index (χ0v) is 10.8. The van der Waals surface area contributed by atoms with Crippen molar-refractivity contribution in [3.8, 4) is 0 Å². The summed E-state index contributed by atoms with van der Waals surface area (Å²) in [5, 5.41) is 5.46. The van der Waals surface area contributed by atoms with Gasteiger partial charge in [0.1, 0.15) is 0 Å². The molecule has 14 heavy (non-hydrogen) atoms. The van der Waals surface area contributed by atoms with Crippen LogP contribution < -0.4 is 11.1 Å². The van der Waals surface area contributed by atoms with Gasteiger partial charge >= 0.3 is 0 Å². The molecule has 0 amide bonds. The molecule has 0 aromatic carbocycles. The van der Waals surface area contributed by atoms with Crippen molar-refractivity contribution in [3.05, 3.63) is 20.8 Å².